The molecular formula is C16H20N4. The summed E-state index contributed by atoms with van der Waals surface area (Å²) in [4.78, 5) is 6.63. The number of aromatic nitrogens is 3. The molecule has 0 radical (unpaired) electrons. The molecule has 3 rings (SSSR count). The lowest BCUT2D eigenvalue weighted by molar-refractivity contribution is 0.505. The molecule has 1 unspecified atom stereocenters. The van der Waals surface area contributed by atoms with Crippen LogP contribution in [0.1, 0.15) is 35.7 Å². The molecular weight excluding hydrogens is 248 g/mol. The summed E-state index contributed by atoms with van der Waals surface area (Å²) in [7, 11) is 0. The molecule has 20 heavy (non-hydrogen) atoms. The van der Waals surface area contributed by atoms with Gasteiger partial charge in [-0.1, -0.05) is 0 Å². The number of pyridine rings is 1. The molecule has 2 aromatic rings. The summed E-state index contributed by atoms with van der Waals surface area (Å²) in [5.74, 6) is 1.56. The molecule has 4 heteroatoms. The second-order valence-corrected chi connectivity index (χ2v) is 5.55. The third kappa shape index (κ3) is 2.79. The highest BCUT2D eigenvalue weighted by Crippen LogP contribution is 2.29. The van der Waals surface area contributed by atoms with Crippen LogP contribution in [0.25, 0.3) is 0 Å². The van der Waals surface area contributed by atoms with Gasteiger partial charge < -0.3 is 4.90 Å². The van der Waals surface area contributed by atoms with Gasteiger partial charge in [-0.25, -0.2) is 0 Å². The maximum atomic E-state index is 4.31. The first kappa shape index (κ1) is 13.0. The summed E-state index contributed by atoms with van der Waals surface area (Å²) in [6.45, 7) is 6.10. The van der Waals surface area contributed by atoms with E-state index in [0.29, 0.717) is 5.92 Å². The highest BCUT2D eigenvalue weighted by Gasteiger charge is 2.22. The smallest absolute Gasteiger partial charge is 0.151 e. The van der Waals surface area contributed by atoms with E-state index in [1.807, 2.05) is 19.2 Å². The normalized spacial score (nSPS) is 19.1. The zero-order valence-electron chi connectivity index (χ0n) is 12.1. The van der Waals surface area contributed by atoms with Crippen LogP contribution in [0.5, 0.6) is 0 Å². The summed E-state index contributed by atoms with van der Waals surface area (Å²) in [5, 5.41) is 8.48. The van der Waals surface area contributed by atoms with E-state index in [1.54, 1.807) is 0 Å². The molecule has 1 aliphatic rings. The average Bonchev–Trinajstić information content (AvgIpc) is 2.48. The first-order valence-corrected chi connectivity index (χ1v) is 7.20. The number of piperidine rings is 1. The van der Waals surface area contributed by atoms with E-state index in [1.165, 1.54) is 18.4 Å². The number of nitrogens with zero attached hydrogens (tertiary/aromatic N) is 4. The number of aryl methyl sites for hydroxylation is 2. The lowest BCUT2D eigenvalue weighted by Crippen LogP contribution is -2.35. The van der Waals surface area contributed by atoms with Gasteiger partial charge in [-0.2, -0.15) is 5.10 Å². The van der Waals surface area contributed by atoms with Crippen LogP contribution < -0.4 is 4.90 Å². The van der Waals surface area contributed by atoms with Crippen molar-refractivity contribution in [1.82, 2.24) is 15.2 Å². The van der Waals surface area contributed by atoms with E-state index >= 15 is 0 Å². The summed E-state index contributed by atoms with van der Waals surface area (Å²) < 4.78 is 0. The molecule has 3 heterocycles. The molecule has 1 aliphatic heterocycles. The largest absolute Gasteiger partial charge is 0.355 e. The van der Waals surface area contributed by atoms with Gasteiger partial charge in [-0.15, -0.1) is 5.10 Å². The van der Waals surface area contributed by atoms with Gasteiger partial charge in [0.25, 0.3) is 0 Å². The van der Waals surface area contributed by atoms with Crippen LogP contribution in [0.3, 0.4) is 0 Å². The van der Waals surface area contributed by atoms with Crippen molar-refractivity contribution in [1.29, 1.82) is 0 Å². The van der Waals surface area contributed by atoms with Crippen LogP contribution >= 0.6 is 0 Å². The van der Waals surface area contributed by atoms with Crippen molar-refractivity contribution >= 4 is 5.82 Å². The first-order valence-electron chi connectivity index (χ1n) is 7.20. The number of hydrogen-bond donors (Lipinski definition) is 0. The Bertz CT molecular complexity index is 579. The lowest BCUT2D eigenvalue weighted by Gasteiger charge is -2.33. The SMILES string of the molecule is Cc1cc(C2CCCN(c3ccc(C)nn3)C2)ccn1. The van der Waals surface area contributed by atoms with Crippen molar-refractivity contribution in [2.75, 3.05) is 18.0 Å². The van der Waals surface area contributed by atoms with E-state index in [0.717, 1.165) is 30.3 Å². The Kier molecular flexibility index (Phi) is 3.63. The maximum absolute atomic E-state index is 4.31. The van der Waals surface area contributed by atoms with Gasteiger partial charge in [-0.3, -0.25) is 4.98 Å². The monoisotopic (exact) mass is 268 g/mol. The van der Waals surface area contributed by atoms with Crippen LogP contribution in [0, 0.1) is 13.8 Å². The minimum Gasteiger partial charge on any atom is -0.355 e. The van der Waals surface area contributed by atoms with Gasteiger partial charge in [0.2, 0.25) is 0 Å². The second-order valence-electron chi connectivity index (χ2n) is 5.55. The Labute approximate surface area is 119 Å². The van der Waals surface area contributed by atoms with Crippen LogP contribution in [-0.2, 0) is 0 Å². The standard InChI is InChI=1S/C16H20N4/c1-12-5-6-16(19-18-12)20-9-3-4-15(11-20)14-7-8-17-13(2)10-14/h5-8,10,15H,3-4,9,11H2,1-2H3. The highest BCUT2D eigenvalue weighted by molar-refractivity contribution is 5.39. The minimum atomic E-state index is 0.563. The fraction of sp³-hybridized carbons (Fsp3) is 0.438. The summed E-state index contributed by atoms with van der Waals surface area (Å²) in [6, 6.07) is 8.45. The van der Waals surface area contributed by atoms with Gasteiger partial charge in [0.05, 0.1) is 5.69 Å². The Hall–Kier alpha value is -1.97. The Balaban J connectivity index is 1.78. The Morgan fingerprint density at radius 3 is 2.75 bits per heavy atom. The molecule has 0 aromatic carbocycles. The van der Waals surface area contributed by atoms with E-state index in [-0.39, 0.29) is 0 Å². The van der Waals surface area contributed by atoms with E-state index < -0.39 is 0 Å². The van der Waals surface area contributed by atoms with Crippen molar-refractivity contribution in [3.05, 3.63) is 47.4 Å². The molecule has 0 bridgehead atoms. The molecule has 1 saturated heterocycles. The Morgan fingerprint density at radius 1 is 1.10 bits per heavy atom. The highest BCUT2D eigenvalue weighted by atomic mass is 15.3. The topological polar surface area (TPSA) is 41.9 Å². The van der Waals surface area contributed by atoms with Crippen molar-refractivity contribution in [2.24, 2.45) is 0 Å². The lowest BCUT2D eigenvalue weighted by atomic mass is 9.91. The van der Waals surface area contributed by atoms with Crippen molar-refractivity contribution in [3.8, 4) is 0 Å². The second kappa shape index (κ2) is 5.57. The molecule has 0 saturated carbocycles. The van der Waals surface area contributed by atoms with Crippen molar-refractivity contribution < 1.29 is 0 Å². The molecule has 1 atom stereocenters. The maximum Gasteiger partial charge on any atom is 0.151 e. The van der Waals surface area contributed by atoms with Gasteiger partial charge in [0, 0.05) is 30.9 Å². The van der Waals surface area contributed by atoms with Gasteiger partial charge >= 0.3 is 0 Å². The van der Waals surface area contributed by atoms with E-state index in [9.17, 15) is 0 Å². The molecule has 0 N–H and O–H groups in total. The molecule has 0 amide bonds. The predicted octanol–water partition coefficient (Wildman–Crippen LogP) is 2.87. The Morgan fingerprint density at radius 2 is 2.00 bits per heavy atom. The van der Waals surface area contributed by atoms with Gasteiger partial charge in [0.1, 0.15) is 0 Å². The number of anilines is 1. The van der Waals surface area contributed by atoms with Gasteiger partial charge in [-0.05, 0) is 56.5 Å². The quantitative estimate of drug-likeness (QED) is 0.840. The summed E-state index contributed by atoms with van der Waals surface area (Å²) in [6.07, 6.45) is 4.34. The molecule has 4 nitrogen and oxygen atoms in total. The molecule has 104 valence electrons. The fourth-order valence-corrected chi connectivity index (χ4v) is 2.84. The zero-order chi connectivity index (χ0) is 13.9. The molecule has 1 fully saturated rings. The van der Waals surface area contributed by atoms with E-state index in [4.69, 9.17) is 0 Å². The van der Waals surface area contributed by atoms with Crippen LogP contribution in [0.15, 0.2) is 30.5 Å². The average molecular weight is 268 g/mol. The van der Waals surface area contributed by atoms with Crippen molar-refractivity contribution in [3.63, 3.8) is 0 Å². The minimum absolute atomic E-state index is 0.563. The van der Waals surface area contributed by atoms with Crippen LogP contribution in [0.2, 0.25) is 0 Å². The summed E-state index contributed by atoms with van der Waals surface area (Å²) >= 11 is 0. The fourth-order valence-electron chi connectivity index (χ4n) is 2.84. The molecule has 0 spiro atoms. The van der Waals surface area contributed by atoms with Crippen LogP contribution in [0.4, 0.5) is 5.82 Å². The molecule has 0 aliphatic carbocycles. The van der Waals surface area contributed by atoms with Crippen molar-refractivity contribution in [2.45, 2.75) is 32.6 Å². The first-order chi connectivity index (χ1) is 9.72. The van der Waals surface area contributed by atoms with Crippen LogP contribution in [-0.4, -0.2) is 28.3 Å². The predicted molar refractivity (Wildman–Crippen MR) is 79.9 cm³/mol. The number of hydrogen-bond acceptors (Lipinski definition) is 4. The van der Waals surface area contributed by atoms with Gasteiger partial charge in [0.15, 0.2) is 5.82 Å². The molecule has 2 aromatic heterocycles. The van der Waals surface area contributed by atoms with E-state index in [2.05, 4.69) is 45.2 Å². The zero-order valence-corrected chi connectivity index (χ0v) is 12.1. The third-order valence-corrected chi connectivity index (χ3v) is 3.92. The third-order valence-electron chi connectivity index (χ3n) is 3.92. The summed E-state index contributed by atoms with van der Waals surface area (Å²) in [5.41, 5.74) is 3.45. The number of rotatable bonds is 2.